The maximum Gasteiger partial charge on any atom is 0.0449 e. The molecule has 5 rings (SSSR count). The van der Waals surface area contributed by atoms with E-state index in [1.807, 2.05) is 45.8 Å². The number of hydrogen-bond acceptors (Lipinski definition) is 4. The van der Waals surface area contributed by atoms with Crippen molar-refractivity contribution in [1.29, 1.82) is 0 Å². The molecule has 5 heteroatoms. The van der Waals surface area contributed by atoms with Gasteiger partial charge >= 0.3 is 0 Å². The molecule has 0 amide bonds. The number of halogens is 1. The predicted molar refractivity (Wildman–Crippen MR) is 132 cm³/mol. The Morgan fingerprint density at radius 3 is 1.69 bits per heavy atom. The van der Waals surface area contributed by atoms with Crippen LogP contribution in [0.2, 0.25) is 0 Å². The molecule has 0 fully saturated rings. The fourth-order valence-corrected chi connectivity index (χ4v) is 9.91. The van der Waals surface area contributed by atoms with Crippen molar-refractivity contribution in [3.8, 4) is 29.9 Å². The van der Waals surface area contributed by atoms with Crippen molar-refractivity contribution >= 4 is 74.8 Å². The summed E-state index contributed by atoms with van der Waals surface area (Å²) in [5.41, 5.74) is 1.30. The summed E-state index contributed by atoms with van der Waals surface area (Å²) in [6.45, 7) is 0. The lowest BCUT2D eigenvalue weighted by molar-refractivity contribution is 1.70. The fourth-order valence-electron chi connectivity index (χ4n) is 2.73. The van der Waals surface area contributed by atoms with Crippen molar-refractivity contribution in [2.24, 2.45) is 0 Å². The molecule has 0 nitrogen and oxygen atoms in total. The van der Waals surface area contributed by atoms with Crippen molar-refractivity contribution < 1.29 is 0 Å². The topological polar surface area (TPSA) is 0 Å². The molecule has 0 aliphatic carbocycles. The highest BCUT2D eigenvalue weighted by atomic mass is 127. The van der Waals surface area contributed by atoms with E-state index in [2.05, 4.69) is 74.2 Å². The summed E-state index contributed by atoms with van der Waals surface area (Å²) >= 11 is 7.77. The van der Waals surface area contributed by atoms with Gasteiger partial charge in [0, 0.05) is 37.5 Å². The zero-order valence-corrected chi connectivity index (χ0v) is 18.9. The molecule has 1 aliphatic heterocycles. The largest absolute Gasteiger partial charge is 0.134 e. The van der Waals surface area contributed by atoms with E-state index in [9.17, 15) is 0 Å². The predicted octanol–water partition coefficient (Wildman–Crippen LogP) is 8.65. The monoisotopic (exact) mass is 520 g/mol. The molecule has 4 heterocycles. The summed E-state index contributed by atoms with van der Waals surface area (Å²) in [5.74, 6) is 0. The van der Waals surface area contributed by atoms with Gasteiger partial charge in [0.1, 0.15) is 0 Å². The third-order valence-corrected chi connectivity index (χ3v) is 11.7. The van der Waals surface area contributed by atoms with E-state index in [0.717, 1.165) is 0 Å². The summed E-state index contributed by atoms with van der Waals surface area (Å²) in [6.07, 6.45) is 0. The van der Waals surface area contributed by atoms with Gasteiger partial charge in [0.05, 0.1) is 0 Å². The van der Waals surface area contributed by atoms with Crippen LogP contribution in [0.5, 0.6) is 0 Å². The maximum absolute atomic E-state index is 2.43. The van der Waals surface area contributed by atoms with E-state index < -0.39 is 0 Å². The second kappa shape index (κ2) is 7.56. The third kappa shape index (κ3) is 3.43. The Morgan fingerprint density at radius 2 is 1.08 bits per heavy atom. The average molecular weight is 521 g/mol. The molecular formula is C21H13IS4. The van der Waals surface area contributed by atoms with Crippen LogP contribution in [-0.2, 0) is 0 Å². The van der Waals surface area contributed by atoms with Crippen LogP contribution < -0.4 is 0 Å². The van der Waals surface area contributed by atoms with E-state index in [-0.39, 0.29) is 20.7 Å². The lowest BCUT2D eigenvalue weighted by Crippen LogP contribution is -1.67. The number of rotatable bonds is 4. The Labute approximate surface area is 179 Å². The highest BCUT2D eigenvalue weighted by molar-refractivity contribution is 14.2. The van der Waals surface area contributed by atoms with Crippen LogP contribution in [0, 0.1) is 0 Å². The summed E-state index contributed by atoms with van der Waals surface area (Å²) in [5, 5.41) is 0. The molecule has 0 radical (unpaired) electrons. The molecule has 0 N–H and O–H groups in total. The van der Waals surface area contributed by atoms with Gasteiger partial charge in [-0.2, -0.15) is 0 Å². The maximum atomic E-state index is 2.43. The lowest BCUT2D eigenvalue weighted by Gasteiger charge is -1.95. The van der Waals surface area contributed by atoms with E-state index >= 15 is 0 Å². The van der Waals surface area contributed by atoms with Crippen molar-refractivity contribution in [3.05, 3.63) is 75.7 Å². The molecule has 26 heavy (non-hydrogen) atoms. The molecule has 0 atom stereocenters. The van der Waals surface area contributed by atoms with Crippen LogP contribution in [0.1, 0.15) is 4.88 Å². The standard InChI is InChI=1S/C21H13IS4/c1-2-4-14(5-3-1)15-6-7-16(24-15)17-8-9-18(25-17)19-10-11-20(26-19)21-12-22-13-23-21/h1-13H. The Balaban J connectivity index is 1.41. The fraction of sp³-hybridized carbons (Fsp3) is 0. The first-order valence-corrected chi connectivity index (χ1v) is 13.9. The van der Waals surface area contributed by atoms with Crippen molar-refractivity contribution in [1.82, 2.24) is 0 Å². The molecule has 0 bridgehead atoms. The minimum absolute atomic E-state index is 0.173. The van der Waals surface area contributed by atoms with E-state index in [1.54, 1.807) is 0 Å². The second-order valence-corrected chi connectivity index (χ2v) is 12.6. The molecule has 3 aromatic heterocycles. The summed E-state index contributed by atoms with van der Waals surface area (Å²) in [7, 11) is 0. The van der Waals surface area contributed by atoms with Gasteiger partial charge < -0.3 is 0 Å². The Morgan fingerprint density at radius 1 is 0.538 bits per heavy atom. The van der Waals surface area contributed by atoms with Crippen LogP contribution in [0.15, 0.2) is 70.8 Å². The van der Waals surface area contributed by atoms with Crippen molar-refractivity contribution in [2.75, 3.05) is 0 Å². The molecule has 1 aliphatic rings. The van der Waals surface area contributed by atoms with E-state index in [4.69, 9.17) is 0 Å². The minimum Gasteiger partial charge on any atom is -0.134 e. The Bertz CT molecular complexity index is 1110. The molecule has 1 aromatic carbocycles. The second-order valence-electron chi connectivity index (χ2n) is 5.66. The number of hydrogen-bond donors (Lipinski definition) is 0. The van der Waals surface area contributed by atoms with Gasteiger partial charge in [-0.3, -0.25) is 0 Å². The molecule has 0 unspecified atom stereocenters. The Kier molecular flexibility index (Phi) is 4.98. The van der Waals surface area contributed by atoms with Crippen LogP contribution >= 0.6 is 66.5 Å². The summed E-state index contributed by atoms with van der Waals surface area (Å²) < 4.78 is 4.80. The van der Waals surface area contributed by atoms with Gasteiger partial charge in [0.2, 0.25) is 0 Å². The smallest absolute Gasteiger partial charge is 0.0449 e. The lowest BCUT2D eigenvalue weighted by atomic mass is 10.2. The normalized spacial score (nSPS) is 13.6. The first-order valence-electron chi connectivity index (χ1n) is 8.03. The first-order chi connectivity index (χ1) is 12.9. The molecule has 0 saturated heterocycles. The highest BCUT2D eigenvalue weighted by Gasteiger charge is 2.12. The van der Waals surface area contributed by atoms with Crippen LogP contribution in [-0.4, -0.2) is 3.34 Å². The quantitative estimate of drug-likeness (QED) is 0.243. The van der Waals surface area contributed by atoms with Crippen molar-refractivity contribution in [3.63, 3.8) is 0 Å². The van der Waals surface area contributed by atoms with Gasteiger partial charge in [-0.15, -0.1) is 34.0 Å². The van der Waals surface area contributed by atoms with E-state index in [0.29, 0.717) is 0 Å². The number of thiophene rings is 3. The van der Waals surface area contributed by atoms with Gasteiger partial charge in [-0.1, -0.05) is 62.8 Å². The highest BCUT2D eigenvalue weighted by Crippen LogP contribution is 2.44. The minimum atomic E-state index is 0.173. The molecule has 4 aromatic rings. The van der Waals surface area contributed by atoms with Gasteiger partial charge in [-0.25, -0.2) is 0 Å². The van der Waals surface area contributed by atoms with Crippen LogP contribution in [0.3, 0.4) is 0 Å². The van der Waals surface area contributed by atoms with E-state index in [1.165, 1.54) is 39.7 Å². The van der Waals surface area contributed by atoms with Crippen LogP contribution in [0.25, 0.3) is 34.9 Å². The SMILES string of the molecule is C1=IC=C(c2ccc(-c3ccc(-c4ccc(-c5ccccc5)s4)s3)s2)S1. The zero-order chi connectivity index (χ0) is 17.3. The zero-order valence-electron chi connectivity index (χ0n) is 13.5. The number of benzene rings is 1. The summed E-state index contributed by atoms with van der Waals surface area (Å²) in [4.78, 5) is 9.66. The first kappa shape index (κ1) is 17.1. The molecule has 128 valence electrons. The van der Waals surface area contributed by atoms with Gasteiger partial charge in [-0.05, 0) is 46.0 Å². The Hall–Kier alpha value is -0.990. The van der Waals surface area contributed by atoms with Crippen molar-refractivity contribution in [2.45, 2.75) is 0 Å². The van der Waals surface area contributed by atoms with Crippen LogP contribution in [0.4, 0.5) is 0 Å². The van der Waals surface area contributed by atoms with Gasteiger partial charge in [0.25, 0.3) is 0 Å². The molecule has 0 spiro atoms. The number of thioether (sulfide) groups is 1. The van der Waals surface area contributed by atoms with Gasteiger partial charge in [0.15, 0.2) is 0 Å². The third-order valence-electron chi connectivity index (χ3n) is 3.99. The summed E-state index contributed by atoms with van der Waals surface area (Å²) in [6, 6.07) is 24.2. The molecule has 0 saturated carbocycles. The molecular weight excluding hydrogens is 507 g/mol. The average Bonchev–Trinajstić information content (AvgIpc) is 3.49.